The first-order valence-corrected chi connectivity index (χ1v) is 10.8. The van der Waals surface area contributed by atoms with Crippen molar-refractivity contribution >= 4 is 11.8 Å². The first-order chi connectivity index (χ1) is 13.5. The minimum absolute atomic E-state index is 0.0512. The van der Waals surface area contributed by atoms with Crippen molar-refractivity contribution in [1.29, 1.82) is 0 Å². The number of hydrogen-bond acceptors (Lipinski definition) is 5. The van der Waals surface area contributed by atoms with Gasteiger partial charge >= 0.3 is 0 Å². The number of nitrogens with one attached hydrogen (secondary N) is 1. The van der Waals surface area contributed by atoms with Gasteiger partial charge in [0.05, 0.1) is 0 Å². The molecule has 156 valence electrons. The van der Waals surface area contributed by atoms with Gasteiger partial charge in [-0.15, -0.1) is 0 Å². The highest BCUT2D eigenvalue weighted by Crippen LogP contribution is 2.21. The van der Waals surface area contributed by atoms with Crippen LogP contribution in [0.15, 0.2) is 10.6 Å². The fraction of sp³-hybridized carbons (Fsp3) is 0.762. The number of carbonyl (C=O) groups is 2. The van der Waals surface area contributed by atoms with Gasteiger partial charge in [-0.25, -0.2) is 0 Å². The van der Waals surface area contributed by atoms with Gasteiger partial charge < -0.3 is 14.7 Å². The van der Waals surface area contributed by atoms with Crippen LogP contribution in [-0.4, -0.2) is 65.5 Å². The van der Waals surface area contributed by atoms with E-state index in [1.807, 2.05) is 18.7 Å². The van der Waals surface area contributed by atoms with Crippen molar-refractivity contribution < 1.29 is 14.1 Å². The number of fused-ring (bicyclic) bond motifs is 1. The van der Waals surface area contributed by atoms with Crippen molar-refractivity contribution in [2.45, 2.75) is 70.8 Å². The summed E-state index contributed by atoms with van der Waals surface area (Å²) in [6.45, 7) is 8.10. The summed E-state index contributed by atoms with van der Waals surface area (Å²) in [5.41, 5.74) is 0.400. The number of piperidine rings is 1. The molecule has 0 spiro atoms. The number of nitrogens with zero attached hydrogens (tertiary/aromatic N) is 3. The van der Waals surface area contributed by atoms with E-state index in [4.69, 9.17) is 4.52 Å². The fourth-order valence-electron chi connectivity index (χ4n) is 4.13. The van der Waals surface area contributed by atoms with E-state index >= 15 is 0 Å². The van der Waals surface area contributed by atoms with Crippen LogP contribution in [0.3, 0.4) is 0 Å². The highest BCUT2D eigenvalue weighted by Gasteiger charge is 2.26. The second-order valence-corrected chi connectivity index (χ2v) is 8.36. The first-order valence-electron chi connectivity index (χ1n) is 10.8. The largest absolute Gasteiger partial charge is 0.360 e. The Bertz CT molecular complexity index is 658. The molecule has 1 aromatic heterocycles. The van der Waals surface area contributed by atoms with Gasteiger partial charge in [0, 0.05) is 50.6 Å². The summed E-state index contributed by atoms with van der Waals surface area (Å²) >= 11 is 0. The van der Waals surface area contributed by atoms with E-state index in [9.17, 15) is 9.59 Å². The predicted octanol–water partition coefficient (Wildman–Crippen LogP) is 2.78. The molecule has 2 saturated heterocycles. The minimum atomic E-state index is -0.0512. The van der Waals surface area contributed by atoms with Crippen LogP contribution >= 0.6 is 0 Å². The average Bonchev–Trinajstić information content (AvgIpc) is 3.17. The van der Waals surface area contributed by atoms with Crippen molar-refractivity contribution in [3.05, 3.63) is 17.5 Å². The lowest BCUT2D eigenvalue weighted by Gasteiger charge is -2.35. The Hall–Kier alpha value is -1.89. The minimum Gasteiger partial charge on any atom is -0.360 e. The third kappa shape index (κ3) is 5.56. The third-order valence-corrected chi connectivity index (χ3v) is 5.82. The van der Waals surface area contributed by atoms with E-state index in [0.717, 1.165) is 44.5 Å². The van der Waals surface area contributed by atoms with Gasteiger partial charge in [-0.2, -0.15) is 0 Å². The molecule has 2 fully saturated rings. The summed E-state index contributed by atoms with van der Waals surface area (Å²) in [6.07, 6.45) is 6.74. The normalized spacial score (nSPS) is 23.3. The van der Waals surface area contributed by atoms with E-state index in [2.05, 4.69) is 15.4 Å². The summed E-state index contributed by atoms with van der Waals surface area (Å²) in [5, 5.41) is 7.05. The third-order valence-electron chi connectivity index (χ3n) is 5.82. The molecule has 1 atom stereocenters. The maximum atomic E-state index is 13.0. The second kappa shape index (κ2) is 10.0. The topological polar surface area (TPSA) is 78.7 Å². The van der Waals surface area contributed by atoms with Crippen LogP contribution in [0.4, 0.5) is 0 Å². The zero-order valence-electron chi connectivity index (χ0n) is 17.3. The lowest BCUT2D eigenvalue weighted by Crippen LogP contribution is -2.44. The number of amides is 2. The monoisotopic (exact) mass is 390 g/mol. The Kier molecular flexibility index (Phi) is 7.48. The zero-order chi connectivity index (χ0) is 19.9. The number of aromatic nitrogens is 1. The summed E-state index contributed by atoms with van der Waals surface area (Å²) in [6, 6.07) is 2.11. The Morgan fingerprint density at radius 2 is 1.89 bits per heavy atom. The van der Waals surface area contributed by atoms with Gasteiger partial charge in [0.2, 0.25) is 5.91 Å². The van der Waals surface area contributed by atoms with Gasteiger partial charge in [-0.1, -0.05) is 25.4 Å². The number of carbonyl (C=O) groups excluding carboxylic acids is 2. The number of hydrogen-bond donors (Lipinski definition) is 1. The number of rotatable bonds is 2. The first kappa shape index (κ1) is 20.8. The molecule has 2 aliphatic rings. The Morgan fingerprint density at radius 3 is 2.68 bits per heavy atom. The molecule has 2 aliphatic heterocycles. The molecule has 1 aromatic rings. The van der Waals surface area contributed by atoms with Crippen molar-refractivity contribution in [2.75, 3.05) is 32.7 Å². The molecule has 0 aromatic carbocycles. The molecule has 7 nitrogen and oxygen atoms in total. The quantitative estimate of drug-likeness (QED) is 0.840. The van der Waals surface area contributed by atoms with Crippen molar-refractivity contribution in [3.63, 3.8) is 0 Å². The van der Waals surface area contributed by atoms with Gasteiger partial charge in [-0.05, 0) is 38.6 Å². The molecule has 0 radical (unpaired) electrons. The maximum absolute atomic E-state index is 13.0. The molecule has 0 saturated carbocycles. The average molecular weight is 391 g/mol. The second-order valence-electron chi connectivity index (χ2n) is 8.36. The molecular weight excluding hydrogens is 356 g/mol. The smallest absolute Gasteiger partial charge is 0.276 e. The molecule has 28 heavy (non-hydrogen) atoms. The molecule has 2 amide bonds. The summed E-state index contributed by atoms with van der Waals surface area (Å²) in [5.74, 6) is 1.06. The molecule has 0 aliphatic carbocycles. The van der Waals surface area contributed by atoms with E-state index in [0.29, 0.717) is 37.8 Å². The Balaban J connectivity index is 1.66. The lowest BCUT2D eigenvalue weighted by molar-refractivity contribution is -0.122. The van der Waals surface area contributed by atoms with Gasteiger partial charge in [0.1, 0.15) is 5.76 Å². The maximum Gasteiger partial charge on any atom is 0.276 e. The van der Waals surface area contributed by atoms with Crippen LogP contribution in [0.2, 0.25) is 0 Å². The summed E-state index contributed by atoms with van der Waals surface area (Å²) in [4.78, 5) is 29.6. The fourth-order valence-corrected chi connectivity index (χ4v) is 4.13. The van der Waals surface area contributed by atoms with Crippen LogP contribution < -0.4 is 5.32 Å². The van der Waals surface area contributed by atoms with Crippen LogP contribution in [-0.2, 0) is 4.79 Å². The Morgan fingerprint density at radius 1 is 1.14 bits per heavy atom. The van der Waals surface area contributed by atoms with Crippen LogP contribution in [0.25, 0.3) is 0 Å². The van der Waals surface area contributed by atoms with Crippen molar-refractivity contribution in [2.24, 2.45) is 0 Å². The van der Waals surface area contributed by atoms with Crippen molar-refractivity contribution in [3.8, 4) is 0 Å². The van der Waals surface area contributed by atoms with Crippen LogP contribution in [0.5, 0.6) is 0 Å². The predicted molar refractivity (Wildman–Crippen MR) is 107 cm³/mol. The molecule has 3 heterocycles. The molecule has 7 heteroatoms. The van der Waals surface area contributed by atoms with E-state index in [1.54, 1.807) is 6.07 Å². The van der Waals surface area contributed by atoms with Crippen LogP contribution in [0.1, 0.15) is 81.0 Å². The highest BCUT2D eigenvalue weighted by molar-refractivity contribution is 5.92. The van der Waals surface area contributed by atoms with E-state index in [1.165, 1.54) is 12.8 Å². The van der Waals surface area contributed by atoms with Gasteiger partial charge in [-0.3, -0.25) is 14.5 Å². The standard InChI is InChI=1S/C21H34N4O3/c1-16(2)19-15-18(23-28-19)21(27)25-11-6-4-9-22-20(26)14-17-8-3-5-10-24(17)12-7-13-25/h15-17H,3-14H2,1-2H3,(H,22,26). The van der Waals surface area contributed by atoms with Gasteiger partial charge in [0.15, 0.2) is 5.69 Å². The molecule has 1 N–H and O–H groups in total. The van der Waals surface area contributed by atoms with E-state index < -0.39 is 0 Å². The highest BCUT2D eigenvalue weighted by atomic mass is 16.5. The molecule has 1 unspecified atom stereocenters. The molecular formula is C21H34N4O3. The lowest BCUT2D eigenvalue weighted by atomic mass is 9.98. The van der Waals surface area contributed by atoms with E-state index in [-0.39, 0.29) is 17.7 Å². The van der Waals surface area contributed by atoms with Crippen LogP contribution in [0, 0.1) is 0 Å². The summed E-state index contributed by atoms with van der Waals surface area (Å²) < 4.78 is 5.32. The zero-order valence-corrected chi connectivity index (χ0v) is 17.3. The summed E-state index contributed by atoms with van der Waals surface area (Å²) in [7, 11) is 0. The Labute approximate surface area is 167 Å². The van der Waals surface area contributed by atoms with Gasteiger partial charge in [0.25, 0.3) is 5.91 Å². The molecule has 0 bridgehead atoms. The molecule has 3 rings (SSSR count). The van der Waals surface area contributed by atoms with Crippen molar-refractivity contribution in [1.82, 2.24) is 20.3 Å². The SMILES string of the molecule is CC(C)c1cc(C(=O)N2CCCCNC(=O)CC3CCCCN3CCC2)no1.